The lowest BCUT2D eigenvalue weighted by atomic mass is 10.1. The Bertz CT molecular complexity index is 425. The average molecular weight is 296 g/mol. The van der Waals surface area contributed by atoms with Crippen LogP contribution in [0, 0.1) is 0 Å². The molecule has 1 unspecified atom stereocenters. The van der Waals surface area contributed by atoms with Gasteiger partial charge in [-0.15, -0.1) is 11.6 Å². The second kappa shape index (κ2) is 7.53. The van der Waals surface area contributed by atoms with Crippen LogP contribution in [0.15, 0.2) is 24.3 Å². The van der Waals surface area contributed by atoms with Gasteiger partial charge in [-0.3, -0.25) is 4.79 Å². The molecule has 0 spiro atoms. The first kappa shape index (κ1) is 15.2. The monoisotopic (exact) mass is 295 g/mol. The lowest BCUT2D eigenvalue weighted by Crippen LogP contribution is -2.36. The van der Waals surface area contributed by atoms with Crippen LogP contribution >= 0.6 is 11.6 Å². The number of hydrogen-bond acceptors (Lipinski definition) is 2. The largest absolute Gasteiger partial charge is 0.497 e. The molecule has 0 aliphatic heterocycles. The maximum atomic E-state index is 12.2. The summed E-state index contributed by atoms with van der Waals surface area (Å²) in [5.74, 6) is 0.672. The van der Waals surface area contributed by atoms with Gasteiger partial charge in [0.05, 0.1) is 7.11 Å². The summed E-state index contributed by atoms with van der Waals surface area (Å²) in [5, 5.41) is 2.45. The number of methoxy groups -OCH3 is 1. The fourth-order valence-corrected chi connectivity index (χ4v) is 2.83. The standard InChI is InChI=1S/C16H22ClNO2/c1-20-14-10-8-12(9-11-14)15(17)16(19)18-13-6-4-2-3-5-7-13/h8-11,13,15H,2-7H2,1H3,(H,18,19). The Labute approximate surface area is 125 Å². The van der Waals surface area contributed by atoms with Crippen molar-refractivity contribution < 1.29 is 9.53 Å². The predicted molar refractivity (Wildman–Crippen MR) is 81.2 cm³/mol. The topological polar surface area (TPSA) is 38.3 Å². The molecule has 1 saturated carbocycles. The average Bonchev–Trinajstić information content (AvgIpc) is 2.75. The third kappa shape index (κ3) is 4.14. The van der Waals surface area contributed by atoms with Gasteiger partial charge in [-0.25, -0.2) is 0 Å². The van der Waals surface area contributed by atoms with Crippen molar-refractivity contribution in [3.8, 4) is 5.75 Å². The lowest BCUT2D eigenvalue weighted by molar-refractivity contribution is -0.121. The van der Waals surface area contributed by atoms with E-state index in [1.54, 1.807) is 7.11 Å². The van der Waals surface area contributed by atoms with Crippen LogP contribution in [0.4, 0.5) is 0 Å². The maximum absolute atomic E-state index is 12.2. The zero-order chi connectivity index (χ0) is 14.4. The minimum absolute atomic E-state index is 0.0938. The van der Waals surface area contributed by atoms with Crippen molar-refractivity contribution in [2.75, 3.05) is 7.11 Å². The molecule has 1 aliphatic carbocycles. The molecule has 1 aromatic rings. The smallest absolute Gasteiger partial charge is 0.242 e. The van der Waals surface area contributed by atoms with Gasteiger partial charge in [0.15, 0.2) is 0 Å². The van der Waals surface area contributed by atoms with Crippen molar-refractivity contribution in [2.24, 2.45) is 0 Å². The quantitative estimate of drug-likeness (QED) is 0.677. The molecule has 4 heteroatoms. The molecule has 0 bridgehead atoms. The molecule has 1 aromatic carbocycles. The van der Waals surface area contributed by atoms with Crippen LogP contribution in [0.25, 0.3) is 0 Å². The highest BCUT2D eigenvalue weighted by Crippen LogP contribution is 2.24. The van der Waals surface area contributed by atoms with Crippen molar-refractivity contribution in [3.63, 3.8) is 0 Å². The molecule has 0 radical (unpaired) electrons. The molecular formula is C16H22ClNO2. The van der Waals surface area contributed by atoms with Gasteiger partial charge in [0.1, 0.15) is 11.1 Å². The third-order valence-electron chi connectivity index (χ3n) is 3.84. The van der Waals surface area contributed by atoms with E-state index in [-0.39, 0.29) is 11.9 Å². The Morgan fingerprint density at radius 2 is 1.80 bits per heavy atom. The second-order valence-electron chi connectivity index (χ2n) is 5.33. The highest BCUT2D eigenvalue weighted by atomic mass is 35.5. The summed E-state index contributed by atoms with van der Waals surface area (Å²) in [6.07, 6.45) is 7.07. The SMILES string of the molecule is COc1ccc(C(Cl)C(=O)NC2CCCCCC2)cc1. The van der Waals surface area contributed by atoms with E-state index in [2.05, 4.69) is 5.32 Å². The molecule has 1 aliphatic rings. The van der Waals surface area contributed by atoms with Crippen LogP contribution in [0.1, 0.15) is 49.5 Å². The van der Waals surface area contributed by atoms with Crippen LogP contribution in [-0.4, -0.2) is 19.1 Å². The van der Waals surface area contributed by atoms with E-state index in [0.717, 1.165) is 24.2 Å². The summed E-state index contributed by atoms with van der Waals surface area (Å²) < 4.78 is 5.10. The van der Waals surface area contributed by atoms with E-state index in [1.807, 2.05) is 24.3 Å². The number of hydrogen-bond donors (Lipinski definition) is 1. The van der Waals surface area contributed by atoms with E-state index >= 15 is 0 Å². The summed E-state index contributed by atoms with van der Waals surface area (Å²) in [6, 6.07) is 7.60. The molecule has 1 amide bonds. The Morgan fingerprint density at radius 1 is 1.20 bits per heavy atom. The van der Waals surface area contributed by atoms with Crippen molar-refractivity contribution in [1.29, 1.82) is 0 Å². The Kier molecular flexibility index (Phi) is 5.72. The number of amides is 1. The first-order chi connectivity index (χ1) is 9.70. The third-order valence-corrected chi connectivity index (χ3v) is 4.29. The zero-order valence-electron chi connectivity index (χ0n) is 11.9. The van der Waals surface area contributed by atoms with Gasteiger partial charge in [-0.2, -0.15) is 0 Å². The molecule has 1 atom stereocenters. The number of carbonyl (C=O) groups is 1. The molecule has 2 rings (SSSR count). The van der Waals surface area contributed by atoms with Crippen LogP contribution in [-0.2, 0) is 4.79 Å². The van der Waals surface area contributed by atoms with Gasteiger partial charge in [0.2, 0.25) is 5.91 Å². The summed E-state index contributed by atoms with van der Waals surface area (Å²) >= 11 is 6.26. The van der Waals surface area contributed by atoms with Crippen molar-refractivity contribution in [2.45, 2.75) is 49.9 Å². The second-order valence-corrected chi connectivity index (χ2v) is 5.77. The molecule has 0 heterocycles. The Morgan fingerprint density at radius 3 is 2.35 bits per heavy atom. The minimum Gasteiger partial charge on any atom is -0.497 e. The van der Waals surface area contributed by atoms with E-state index in [4.69, 9.17) is 16.3 Å². The van der Waals surface area contributed by atoms with Crippen LogP contribution in [0.5, 0.6) is 5.75 Å². The van der Waals surface area contributed by atoms with E-state index < -0.39 is 5.38 Å². The highest BCUT2D eigenvalue weighted by Gasteiger charge is 2.21. The van der Waals surface area contributed by atoms with Gasteiger partial charge in [0.25, 0.3) is 0 Å². The van der Waals surface area contributed by atoms with Gasteiger partial charge in [0, 0.05) is 6.04 Å². The van der Waals surface area contributed by atoms with E-state index in [9.17, 15) is 4.79 Å². The van der Waals surface area contributed by atoms with E-state index in [0.29, 0.717) is 0 Å². The molecular weight excluding hydrogens is 274 g/mol. The van der Waals surface area contributed by atoms with Crippen LogP contribution in [0.3, 0.4) is 0 Å². The summed E-state index contributed by atoms with van der Waals surface area (Å²) in [6.45, 7) is 0. The lowest BCUT2D eigenvalue weighted by Gasteiger charge is -2.18. The Balaban J connectivity index is 1.92. The van der Waals surface area contributed by atoms with Crippen molar-refractivity contribution in [3.05, 3.63) is 29.8 Å². The molecule has 110 valence electrons. The normalized spacial score (nSPS) is 18.1. The number of alkyl halides is 1. The first-order valence-corrected chi connectivity index (χ1v) is 7.73. The number of ether oxygens (including phenoxy) is 1. The maximum Gasteiger partial charge on any atom is 0.242 e. The van der Waals surface area contributed by atoms with Crippen LogP contribution in [0.2, 0.25) is 0 Å². The van der Waals surface area contributed by atoms with E-state index in [1.165, 1.54) is 25.7 Å². The highest BCUT2D eigenvalue weighted by molar-refractivity contribution is 6.30. The minimum atomic E-state index is -0.635. The molecule has 1 N–H and O–H groups in total. The van der Waals surface area contributed by atoms with Gasteiger partial charge < -0.3 is 10.1 Å². The number of nitrogens with one attached hydrogen (secondary N) is 1. The van der Waals surface area contributed by atoms with Crippen LogP contribution < -0.4 is 10.1 Å². The predicted octanol–water partition coefficient (Wildman–Crippen LogP) is 3.81. The summed E-state index contributed by atoms with van der Waals surface area (Å²) in [4.78, 5) is 12.2. The van der Waals surface area contributed by atoms with Gasteiger partial charge >= 0.3 is 0 Å². The number of benzene rings is 1. The molecule has 1 fully saturated rings. The summed E-state index contributed by atoms with van der Waals surface area (Å²) in [5.41, 5.74) is 0.804. The first-order valence-electron chi connectivity index (χ1n) is 7.29. The Hall–Kier alpha value is -1.22. The van der Waals surface area contributed by atoms with Gasteiger partial charge in [-0.05, 0) is 30.5 Å². The number of halogens is 1. The van der Waals surface area contributed by atoms with Gasteiger partial charge in [-0.1, -0.05) is 37.8 Å². The number of rotatable bonds is 4. The fraction of sp³-hybridized carbons (Fsp3) is 0.562. The molecule has 0 saturated heterocycles. The van der Waals surface area contributed by atoms with Crippen molar-refractivity contribution >= 4 is 17.5 Å². The zero-order valence-corrected chi connectivity index (χ0v) is 12.7. The molecule has 20 heavy (non-hydrogen) atoms. The summed E-state index contributed by atoms with van der Waals surface area (Å²) in [7, 11) is 1.62. The van der Waals surface area contributed by atoms with Crippen molar-refractivity contribution in [1.82, 2.24) is 5.32 Å². The fourth-order valence-electron chi connectivity index (χ4n) is 2.62. The molecule has 3 nitrogen and oxygen atoms in total. The number of carbonyl (C=O) groups excluding carboxylic acids is 1. The molecule has 0 aromatic heterocycles.